The van der Waals surface area contributed by atoms with Gasteiger partial charge in [0.2, 0.25) is 5.91 Å². The maximum Gasteiger partial charge on any atom is 0.315 e. The van der Waals surface area contributed by atoms with Gasteiger partial charge in [-0.15, -0.1) is 0 Å². The summed E-state index contributed by atoms with van der Waals surface area (Å²) in [5.41, 5.74) is -0.254. The smallest absolute Gasteiger partial charge is 0.315 e. The molecular weight excluding hydrogens is 194 g/mol. The molecule has 0 atom stereocenters. The van der Waals surface area contributed by atoms with E-state index in [1.807, 2.05) is 27.7 Å². The Kier molecular flexibility index (Phi) is 5.74. The predicted molar refractivity (Wildman–Crippen MR) is 59.6 cm³/mol. The molecule has 0 aromatic rings. The molecule has 0 unspecified atom stereocenters. The van der Waals surface area contributed by atoms with Crippen LogP contribution in [0.25, 0.3) is 0 Å². The second-order valence-corrected chi connectivity index (χ2v) is 4.33. The van der Waals surface area contributed by atoms with Gasteiger partial charge in [-0.1, -0.05) is 0 Å². The lowest BCUT2D eigenvalue weighted by Crippen LogP contribution is -2.47. The van der Waals surface area contributed by atoms with Crippen molar-refractivity contribution < 1.29 is 9.59 Å². The van der Waals surface area contributed by atoms with Gasteiger partial charge in [-0.2, -0.15) is 0 Å². The van der Waals surface area contributed by atoms with Crippen LogP contribution >= 0.6 is 0 Å². The van der Waals surface area contributed by atoms with Crippen LogP contribution in [0, 0.1) is 0 Å². The standard InChI is InChI=1S/C10H21N3O2/c1-5-11-8(14)6-7-12-9(15)13-10(2,3)4/h5-7H2,1-4H3,(H,11,14)(H2,12,13,15). The van der Waals surface area contributed by atoms with Gasteiger partial charge in [0.15, 0.2) is 0 Å². The Morgan fingerprint density at radius 1 is 1.13 bits per heavy atom. The minimum atomic E-state index is -0.254. The summed E-state index contributed by atoms with van der Waals surface area (Å²) in [5.74, 6) is -0.0476. The van der Waals surface area contributed by atoms with Crippen molar-refractivity contribution in [1.82, 2.24) is 16.0 Å². The first-order chi connectivity index (χ1) is 6.85. The number of hydrogen-bond donors (Lipinski definition) is 3. The van der Waals surface area contributed by atoms with Crippen molar-refractivity contribution in [3.63, 3.8) is 0 Å². The molecular formula is C10H21N3O2. The first-order valence-electron chi connectivity index (χ1n) is 5.18. The molecule has 3 N–H and O–H groups in total. The minimum absolute atomic E-state index is 0.0476. The average Bonchev–Trinajstić information content (AvgIpc) is 2.00. The topological polar surface area (TPSA) is 70.2 Å². The first kappa shape index (κ1) is 13.7. The van der Waals surface area contributed by atoms with Crippen LogP contribution in [-0.2, 0) is 4.79 Å². The summed E-state index contributed by atoms with van der Waals surface area (Å²) in [6.07, 6.45) is 0.311. The highest BCUT2D eigenvalue weighted by atomic mass is 16.2. The molecule has 0 aliphatic rings. The van der Waals surface area contributed by atoms with Crippen molar-refractivity contribution in [1.29, 1.82) is 0 Å². The van der Waals surface area contributed by atoms with Crippen LogP contribution in [0.5, 0.6) is 0 Å². The van der Waals surface area contributed by atoms with Crippen LogP contribution in [0.3, 0.4) is 0 Å². The second-order valence-electron chi connectivity index (χ2n) is 4.33. The Bertz CT molecular complexity index is 221. The van der Waals surface area contributed by atoms with Gasteiger partial charge < -0.3 is 16.0 Å². The lowest BCUT2D eigenvalue weighted by atomic mass is 10.1. The second kappa shape index (κ2) is 6.27. The summed E-state index contributed by atoms with van der Waals surface area (Å²) < 4.78 is 0. The van der Waals surface area contributed by atoms with Gasteiger partial charge >= 0.3 is 6.03 Å². The van der Waals surface area contributed by atoms with Crippen molar-refractivity contribution in [2.45, 2.75) is 39.7 Å². The van der Waals surface area contributed by atoms with E-state index in [0.717, 1.165) is 0 Å². The Balaban J connectivity index is 3.60. The van der Waals surface area contributed by atoms with Gasteiger partial charge in [0.1, 0.15) is 0 Å². The summed E-state index contributed by atoms with van der Waals surface area (Å²) in [6.45, 7) is 8.53. The maximum absolute atomic E-state index is 11.2. The molecule has 0 saturated heterocycles. The molecule has 0 rings (SSSR count). The van der Waals surface area contributed by atoms with Gasteiger partial charge in [-0.25, -0.2) is 4.79 Å². The third-order valence-electron chi connectivity index (χ3n) is 1.50. The summed E-state index contributed by atoms with van der Waals surface area (Å²) in [7, 11) is 0. The number of carbonyl (C=O) groups is 2. The lowest BCUT2D eigenvalue weighted by molar-refractivity contribution is -0.120. The summed E-state index contributed by atoms with van der Waals surface area (Å²) in [4.78, 5) is 22.3. The lowest BCUT2D eigenvalue weighted by Gasteiger charge is -2.20. The molecule has 0 bridgehead atoms. The molecule has 0 fully saturated rings. The fourth-order valence-electron chi connectivity index (χ4n) is 0.960. The molecule has 0 aromatic carbocycles. The highest BCUT2D eigenvalue weighted by molar-refractivity contribution is 5.78. The molecule has 0 aliphatic heterocycles. The molecule has 0 spiro atoms. The van der Waals surface area contributed by atoms with Crippen molar-refractivity contribution in [3.05, 3.63) is 0 Å². The fourth-order valence-corrected chi connectivity index (χ4v) is 0.960. The van der Waals surface area contributed by atoms with E-state index < -0.39 is 0 Å². The molecule has 88 valence electrons. The van der Waals surface area contributed by atoms with Gasteiger partial charge in [-0.3, -0.25) is 4.79 Å². The van der Waals surface area contributed by atoms with Gasteiger partial charge in [0, 0.05) is 25.0 Å². The molecule has 0 radical (unpaired) electrons. The minimum Gasteiger partial charge on any atom is -0.356 e. The molecule has 0 saturated carbocycles. The highest BCUT2D eigenvalue weighted by Gasteiger charge is 2.12. The molecule has 0 heterocycles. The van der Waals surface area contributed by atoms with E-state index in [1.54, 1.807) is 0 Å². The molecule has 3 amide bonds. The normalized spacial score (nSPS) is 10.7. The molecule has 15 heavy (non-hydrogen) atoms. The number of amides is 3. The number of nitrogens with one attached hydrogen (secondary N) is 3. The van der Waals surface area contributed by atoms with Gasteiger partial charge in [-0.05, 0) is 27.7 Å². The Labute approximate surface area is 91.0 Å². The third kappa shape index (κ3) is 9.05. The fraction of sp³-hybridized carbons (Fsp3) is 0.800. The van der Waals surface area contributed by atoms with E-state index in [9.17, 15) is 9.59 Å². The van der Waals surface area contributed by atoms with E-state index in [2.05, 4.69) is 16.0 Å². The van der Waals surface area contributed by atoms with E-state index >= 15 is 0 Å². The Morgan fingerprint density at radius 3 is 2.20 bits per heavy atom. The van der Waals surface area contributed by atoms with Crippen LogP contribution < -0.4 is 16.0 Å². The third-order valence-corrected chi connectivity index (χ3v) is 1.50. The number of carbonyl (C=O) groups excluding carboxylic acids is 2. The molecule has 0 aliphatic carbocycles. The summed E-state index contributed by atoms with van der Waals surface area (Å²) >= 11 is 0. The zero-order valence-corrected chi connectivity index (χ0v) is 9.94. The van der Waals surface area contributed by atoms with Crippen molar-refractivity contribution >= 4 is 11.9 Å². The molecule has 5 nitrogen and oxygen atoms in total. The monoisotopic (exact) mass is 215 g/mol. The van der Waals surface area contributed by atoms with E-state index in [-0.39, 0.29) is 17.5 Å². The van der Waals surface area contributed by atoms with Crippen LogP contribution in [0.2, 0.25) is 0 Å². The van der Waals surface area contributed by atoms with Crippen LogP contribution in [0.15, 0.2) is 0 Å². The van der Waals surface area contributed by atoms with Crippen molar-refractivity contribution in [3.8, 4) is 0 Å². The quantitative estimate of drug-likeness (QED) is 0.643. The molecule has 0 aromatic heterocycles. The average molecular weight is 215 g/mol. The van der Waals surface area contributed by atoms with Crippen molar-refractivity contribution in [2.24, 2.45) is 0 Å². The summed E-state index contributed by atoms with van der Waals surface area (Å²) in [6, 6.07) is -0.244. The van der Waals surface area contributed by atoms with Crippen LogP contribution in [-0.4, -0.2) is 30.6 Å². The van der Waals surface area contributed by atoms with Crippen LogP contribution in [0.4, 0.5) is 4.79 Å². The number of urea groups is 1. The summed E-state index contributed by atoms with van der Waals surface area (Å²) in [5, 5.41) is 8.02. The Morgan fingerprint density at radius 2 is 1.73 bits per heavy atom. The van der Waals surface area contributed by atoms with Gasteiger partial charge in [0.25, 0.3) is 0 Å². The SMILES string of the molecule is CCNC(=O)CCNC(=O)NC(C)(C)C. The number of rotatable bonds is 4. The van der Waals surface area contributed by atoms with E-state index in [4.69, 9.17) is 0 Å². The van der Waals surface area contributed by atoms with E-state index in [1.165, 1.54) is 0 Å². The largest absolute Gasteiger partial charge is 0.356 e. The molecule has 5 heteroatoms. The first-order valence-corrected chi connectivity index (χ1v) is 5.18. The maximum atomic E-state index is 11.2. The van der Waals surface area contributed by atoms with Gasteiger partial charge in [0.05, 0.1) is 0 Å². The zero-order valence-electron chi connectivity index (χ0n) is 9.94. The van der Waals surface area contributed by atoms with Crippen LogP contribution in [0.1, 0.15) is 34.1 Å². The van der Waals surface area contributed by atoms with Crippen molar-refractivity contribution in [2.75, 3.05) is 13.1 Å². The number of hydrogen-bond acceptors (Lipinski definition) is 2. The predicted octanol–water partition coefficient (Wildman–Crippen LogP) is 0.610. The van der Waals surface area contributed by atoms with E-state index in [0.29, 0.717) is 19.5 Å². The Hall–Kier alpha value is -1.26. The zero-order chi connectivity index (χ0) is 11.9. The highest BCUT2D eigenvalue weighted by Crippen LogP contribution is 1.97.